The molecule has 0 spiro atoms. The summed E-state index contributed by atoms with van der Waals surface area (Å²) in [6.07, 6.45) is -0.370. The van der Waals surface area contributed by atoms with Crippen molar-refractivity contribution >= 4 is 22.8 Å². The molecule has 0 radical (unpaired) electrons. The Morgan fingerprint density at radius 1 is 1.20 bits per heavy atom. The van der Waals surface area contributed by atoms with E-state index < -0.39 is 31.2 Å². The third-order valence-corrected chi connectivity index (χ3v) is 4.15. The van der Waals surface area contributed by atoms with Crippen molar-refractivity contribution in [3.05, 3.63) is 35.0 Å². The van der Waals surface area contributed by atoms with Crippen molar-refractivity contribution in [3.63, 3.8) is 0 Å². The highest BCUT2D eigenvalue weighted by Crippen LogP contribution is 2.29. The van der Waals surface area contributed by atoms with Crippen molar-refractivity contribution in [3.8, 4) is 0 Å². The maximum atomic E-state index is 12.0. The third-order valence-electron chi connectivity index (χ3n) is 4.15. The quantitative estimate of drug-likeness (QED) is 0.830. The van der Waals surface area contributed by atoms with Gasteiger partial charge in [-0.3, -0.25) is 4.79 Å². The molecule has 25 heavy (non-hydrogen) atoms. The number of nitrogens with one attached hydrogen (secondary N) is 2. The highest BCUT2D eigenvalue weighted by atomic mass is 19.4. The number of H-pyrrole nitrogens is 1. The topological polar surface area (TPSA) is 71.2 Å². The van der Waals surface area contributed by atoms with Crippen molar-refractivity contribution in [2.45, 2.75) is 31.9 Å². The largest absolute Gasteiger partial charge is 0.452 e. The van der Waals surface area contributed by atoms with Gasteiger partial charge in [0.2, 0.25) is 0 Å². The van der Waals surface area contributed by atoms with Gasteiger partial charge in [-0.2, -0.15) is 13.2 Å². The predicted molar refractivity (Wildman–Crippen MR) is 84.3 cm³/mol. The van der Waals surface area contributed by atoms with Gasteiger partial charge < -0.3 is 15.0 Å². The molecule has 5 nitrogen and oxygen atoms in total. The van der Waals surface area contributed by atoms with Crippen LogP contribution in [0, 0.1) is 0 Å². The van der Waals surface area contributed by atoms with E-state index in [9.17, 15) is 22.8 Å². The number of rotatable bonds is 4. The molecule has 0 saturated heterocycles. The van der Waals surface area contributed by atoms with Crippen molar-refractivity contribution < 1.29 is 27.5 Å². The molecule has 1 aliphatic carbocycles. The maximum absolute atomic E-state index is 12.0. The number of benzene rings is 1. The third kappa shape index (κ3) is 4.12. The molecule has 1 aliphatic rings. The van der Waals surface area contributed by atoms with Gasteiger partial charge in [0.1, 0.15) is 6.54 Å². The fourth-order valence-corrected chi connectivity index (χ4v) is 3.00. The number of alkyl halides is 3. The van der Waals surface area contributed by atoms with Gasteiger partial charge in [-0.1, -0.05) is 0 Å². The Kier molecular flexibility index (Phi) is 4.69. The zero-order valence-electron chi connectivity index (χ0n) is 13.3. The van der Waals surface area contributed by atoms with Crippen molar-refractivity contribution in [2.24, 2.45) is 0 Å². The Morgan fingerprint density at radius 2 is 1.96 bits per heavy atom. The summed E-state index contributed by atoms with van der Waals surface area (Å²) in [6.45, 7) is -2.21. The molecule has 0 fully saturated rings. The molecule has 0 aliphatic heterocycles. The van der Waals surface area contributed by atoms with Crippen molar-refractivity contribution in [1.29, 1.82) is 0 Å². The standard InChI is InChI=1S/C17H17F3N2O3/c18-17(19,20)9-21-15(23)8-25-16(24)10-5-6-14-12(7-10)11-3-1-2-4-13(11)22-14/h5-7,22H,1-4,8-9H2,(H,21,23). The molecular weight excluding hydrogens is 337 g/mol. The van der Waals surface area contributed by atoms with Crippen LogP contribution in [0.15, 0.2) is 18.2 Å². The molecule has 1 amide bonds. The first-order valence-corrected chi connectivity index (χ1v) is 7.97. The van der Waals surface area contributed by atoms with Crippen LogP contribution in [0.3, 0.4) is 0 Å². The maximum Gasteiger partial charge on any atom is 0.405 e. The smallest absolute Gasteiger partial charge is 0.405 e. The average molecular weight is 354 g/mol. The van der Waals surface area contributed by atoms with Crippen LogP contribution in [0.4, 0.5) is 13.2 Å². The molecule has 0 unspecified atom stereocenters. The first-order chi connectivity index (χ1) is 11.8. The highest BCUT2D eigenvalue weighted by Gasteiger charge is 2.27. The van der Waals surface area contributed by atoms with E-state index in [-0.39, 0.29) is 5.56 Å². The van der Waals surface area contributed by atoms with E-state index in [4.69, 9.17) is 4.74 Å². The Labute approximate surface area is 141 Å². The van der Waals surface area contributed by atoms with E-state index in [1.54, 1.807) is 23.5 Å². The van der Waals surface area contributed by atoms with Crippen LogP contribution in [0.25, 0.3) is 10.9 Å². The van der Waals surface area contributed by atoms with Crippen LogP contribution in [0.2, 0.25) is 0 Å². The van der Waals surface area contributed by atoms with E-state index in [0.29, 0.717) is 0 Å². The van der Waals surface area contributed by atoms with Gasteiger partial charge in [0.05, 0.1) is 5.56 Å². The number of carbonyl (C=O) groups excluding carboxylic acids is 2. The van der Waals surface area contributed by atoms with Crippen LogP contribution in [0.5, 0.6) is 0 Å². The molecule has 3 rings (SSSR count). The summed E-state index contributed by atoms with van der Waals surface area (Å²) in [5.41, 5.74) is 3.58. The highest BCUT2D eigenvalue weighted by molar-refractivity contribution is 5.97. The first kappa shape index (κ1) is 17.3. The number of esters is 1. The van der Waals surface area contributed by atoms with Crippen LogP contribution < -0.4 is 5.32 Å². The number of amides is 1. The molecule has 2 aromatic rings. The van der Waals surface area contributed by atoms with Crippen LogP contribution in [-0.4, -0.2) is 36.2 Å². The van der Waals surface area contributed by atoms with Crippen molar-refractivity contribution in [1.82, 2.24) is 10.3 Å². The van der Waals surface area contributed by atoms with Gasteiger partial charge in [-0.05, 0) is 49.4 Å². The van der Waals surface area contributed by atoms with Crippen LogP contribution in [0.1, 0.15) is 34.5 Å². The Bertz CT molecular complexity index is 811. The van der Waals surface area contributed by atoms with E-state index in [1.807, 2.05) is 0 Å². The Morgan fingerprint density at radius 3 is 2.72 bits per heavy atom. The number of halogens is 3. The van der Waals surface area contributed by atoms with Crippen LogP contribution in [-0.2, 0) is 22.4 Å². The summed E-state index contributed by atoms with van der Waals surface area (Å²) in [6, 6.07) is 5.04. The van der Waals surface area contributed by atoms with Crippen LogP contribution >= 0.6 is 0 Å². The number of aromatic nitrogens is 1. The fourth-order valence-electron chi connectivity index (χ4n) is 3.00. The van der Waals surface area contributed by atoms with Gasteiger partial charge >= 0.3 is 12.1 Å². The molecule has 8 heteroatoms. The summed E-state index contributed by atoms with van der Waals surface area (Å²) in [5, 5.41) is 2.60. The van der Waals surface area contributed by atoms with Gasteiger partial charge in [0.25, 0.3) is 5.91 Å². The number of hydrogen-bond acceptors (Lipinski definition) is 3. The zero-order valence-corrected chi connectivity index (χ0v) is 13.3. The minimum Gasteiger partial charge on any atom is -0.452 e. The summed E-state index contributed by atoms with van der Waals surface area (Å²) in [4.78, 5) is 26.7. The zero-order chi connectivity index (χ0) is 18.0. The number of fused-ring (bicyclic) bond motifs is 3. The number of aromatic amines is 1. The second kappa shape index (κ2) is 6.78. The Hall–Kier alpha value is -2.51. The molecule has 134 valence electrons. The molecule has 2 N–H and O–H groups in total. The van der Waals surface area contributed by atoms with Gasteiger partial charge in [0, 0.05) is 16.6 Å². The number of carbonyl (C=O) groups is 2. The minimum absolute atomic E-state index is 0.267. The summed E-state index contributed by atoms with van der Waals surface area (Å²) >= 11 is 0. The second-order valence-corrected chi connectivity index (χ2v) is 6.02. The molecule has 0 atom stereocenters. The lowest BCUT2D eigenvalue weighted by atomic mass is 9.95. The molecule has 1 heterocycles. The number of ether oxygens (including phenoxy) is 1. The molecular formula is C17H17F3N2O3. The lowest BCUT2D eigenvalue weighted by Crippen LogP contribution is -2.36. The lowest BCUT2D eigenvalue weighted by Gasteiger charge is -2.10. The number of hydrogen-bond donors (Lipinski definition) is 2. The predicted octanol–water partition coefficient (Wildman–Crippen LogP) is 2.88. The molecule has 1 aromatic heterocycles. The Balaban J connectivity index is 1.65. The molecule has 0 bridgehead atoms. The van der Waals surface area contributed by atoms with Gasteiger partial charge in [0.15, 0.2) is 6.61 Å². The molecule has 1 aromatic carbocycles. The summed E-state index contributed by atoms with van der Waals surface area (Å²) in [5.74, 6) is -1.74. The SMILES string of the molecule is O=C(COC(=O)c1ccc2[nH]c3c(c2c1)CCCC3)NCC(F)(F)F. The minimum atomic E-state index is -4.50. The summed E-state index contributed by atoms with van der Waals surface area (Å²) in [7, 11) is 0. The van der Waals surface area contributed by atoms with E-state index in [2.05, 4.69) is 4.98 Å². The lowest BCUT2D eigenvalue weighted by molar-refractivity contribution is -0.140. The monoisotopic (exact) mass is 354 g/mol. The van der Waals surface area contributed by atoms with Gasteiger partial charge in [-0.25, -0.2) is 4.79 Å². The van der Waals surface area contributed by atoms with Crippen molar-refractivity contribution in [2.75, 3.05) is 13.2 Å². The van der Waals surface area contributed by atoms with E-state index in [0.717, 1.165) is 36.6 Å². The second-order valence-electron chi connectivity index (χ2n) is 6.02. The average Bonchev–Trinajstić information content (AvgIpc) is 2.95. The van der Waals surface area contributed by atoms with E-state index >= 15 is 0 Å². The van der Waals surface area contributed by atoms with Gasteiger partial charge in [-0.15, -0.1) is 0 Å². The number of aryl methyl sites for hydroxylation is 2. The summed E-state index contributed by atoms with van der Waals surface area (Å²) < 4.78 is 40.8. The normalized spacial score (nSPS) is 14.2. The molecule has 0 saturated carbocycles. The fraction of sp³-hybridized carbons (Fsp3) is 0.412. The van der Waals surface area contributed by atoms with E-state index in [1.165, 1.54) is 11.3 Å². The first-order valence-electron chi connectivity index (χ1n) is 7.97.